The van der Waals surface area contributed by atoms with E-state index in [9.17, 15) is 14.4 Å². The Morgan fingerprint density at radius 1 is 0.960 bits per heavy atom. The fraction of sp³-hybridized carbons (Fsp3) is 0.812. The van der Waals surface area contributed by atoms with Crippen LogP contribution in [0, 0.1) is 0 Å². The number of nitrogens with two attached hydrogens (primary N) is 1. The Morgan fingerprint density at radius 3 is 1.88 bits per heavy atom. The minimum absolute atomic E-state index is 0.0150. The van der Waals surface area contributed by atoms with Gasteiger partial charge >= 0.3 is 5.97 Å². The minimum atomic E-state index is -1.19. The van der Waals surface area contributed by atoms with Gasteiger partial charge in [0.1, 0.15) is 18.6 Å². The quantitative estimate of drug-likeness (QED) is 0.439. The summed E-state index contributed by atoms with van der Waals surface area (Å²) in [5, 5.41) is 13.3. The van der Waals surface area contributed by atoms with Gasteiger partial charge in [0.05, 0.1) is 24.4 Å². The molecule has 9 heteroatoms. The first-order chi connectivity index (χ1) is 11.2. The number of aliphatic carboxylic acids is 1. The number of hydrogen-bond donors (Lipinski definition) is 4. The van der Waals surface area contributed by atoms with Crippen molar-refractivity contribution in [3.8, 4) is 0 Å². The smallest absolute Gasteiger partial charge is 0.322 e. The number of carboxylic acid groups (broad SMARTS) is 1. The third kappa shape index (κ3) is 12.3. The van der Waals surface area contributed by atoms with E-state index in [2.05, 4.69) is 10.6 Å². The summed E-state index contributed by atoms with van der Waals surface area (Å²) in [5.74, 6) is -2.44. The van der Waals surface area contributed by atoms with Crippen molar-refractivity contribution in [3.63, 3.8) is 0 Å². The molecule has 9 nitrogen and oxygen atoms in total. The van der Waals surface area contributed by atoms with Crippen LogP contribution < -0.4 is 16.4 Å². The first-order valence-corrected chi connectivity index (χ1v) is 8.04. The molecule has 0 saturated carbocycles. The van der Waals surface area contributed by atoms with Crippen LogP contribution in [0.3, 0.4) is 0 Å². The molecule has 2 atom stereocenters. The average molecular weight is 361 g/mol. The highest BCUT2D eigenvalue weighted by molar-refractivity contribution is 5.91. The minimum Gasteiger partial charge on any atom is -0.480 e. The third-order valence-corrected chi connectivity index (χ3v) is 2.76. The van der Waals surface area contributed by atoms with E-state index in [1.807, 2.05) is 20.8 Å². The lowest BCUT2D eigenvalue weighted by Crippen LogP contribution is -2.55. The van der Waals surface area contributed by atoms with Crippen LogP contribution in [0.25, 0.3) is 0 Å². The molecule has 146 valence electrons. The normalized spacial score (nSPS) is 14.5. The fourth-order valence-corrected chi connectivity index (χ4v) is 1.50. The van der Waals surface area contributed by atoms with Gasteiger partial charge in [-0.3, -0.25) is 14.4 Å². The van der Waals surface area contributed by atoms with Crippen molar-refractivity contribution in [3.05, 3.63) is 0 Å². The molecule has 0 heterocycles. The average Bonchev–Trinajstić information content (AvgIpc) is 2.44. The first kappa shape index (κ1) is 23.3. The Balaban J connectivity index is 4.80. The van der Waals surface area contributed by atoms with E-state index in [1.165, 1.54) is 0 Å². The molecular formula is C16H31N3O6. The molecule has 0 aliphatic rings. The van der Waals surface area contributed by atoms with Crippen molar-refractivity contribution >= 4 is 17.8 Å². The zero-order valence-electron chi connectivity index (χ0n) is 15.8. The number of nitrogens with one attached hydrogen (secondary N) is 2. The molecule has 0 aliphatic carbocycles. The van der Waals surface area contributed by atoms with Crippen molar-refractivity contribution in [2.24, 2.45) is 5.73 Å². The Kier molecular flexibility index (Phi) is 9.03. The van der Waals surface area contributed by atoms with Crippen molar-refractivity contribution < 1.29 is 29.0 Å². The molecule has 0 saturated heterocycles. The maximum Gasteiger partial charge on any atom is 0.322 e. The van der Waals surface area contributed by atoms with Gasteiger partial charge in [0.25, 0.3) is 0 Å². The maximum atomic E-state index is 12.2. The molecule has 25 heavy (non-hydrogen) atoms. The van der Waals surface area contributed by atoms with Crippen molar-refractivity contribution in [2.75, 3.05) is 19.8 Å². The number of carboxylic acids is 1. The lowest BCUT2D eigenvalue weighted by Gasteiger charge is -2.26. The number of ether oxygens (including phenoxy) is 2. The Bertz CT molecular complexity index is 467. The van der Waals surface area contributed by atoms with Gasteiger partial charge in [0.2, 0.25) is 11.8 Å². The van der Waals surface area contributed by atoms with Crippen LogP contribution in [-0.4, -0.2) is 65.9 Å². The van der Waals surface area contributed by atoms with Gasteiger partial charge in [0, 0.05) is 0 Å². The number of carbonyl (C=O) groups excluding carboxylic acids is 2. The van der Waals surface area contributed by atoms with Gasteiger partial charge in [0.15, 0.2) is 0 Å². The van der Waals surface area contributed by atoms with E-state index in [0.29, 0.717) is 0 Å². The molecule has 0 unspecified atom stereocenters. The highest BCUT2D eigenvalue weighted by atomic mass is 16.5. The Labute approximate surface area is 148 Å². The SMILES string of the molecule is CC(C)(C)OC[C@@H](N)C(=O)N[C@H](COC(C)(C)C)C(=O)NCC(=O)O. The number of carbonyl (C=O) groups is 3. The topological polar surface area (TPSA) is 140 Å². The molecule has 0 aromatic rings. The van der Waals surface area contributed by atoms with E-state index < -0.39 is 47.6 Å². The summed E-state index contributed by atoms with van der Waals surface area (Å²) < 4.78 is 11.0. The molecular weight excluding hydrogens is 330 g/mol. The largest absolute Gasteiger partial charge is 0.480 e. The number of rotatable bonds is 9. The molecule has 0 rings (SSSR count). The van der Waals surface area contributed by atoms with Crippen LogP contribution in [-0.2, 0) is 23.9 Å². The Morgan fingerprint density at radius 2 is 1.44 bits per heavy atom. The van der Waals surface area contributed by atoms with Crippen LogP contribution in [0.4, 0.5) is 0 Å². The van der Waals surface area contributed by atoms with Gasteiger partial charge in [-0.1, -0.05) is 0 Å². The van der Waals surface area contributed by atoms with Crippen LogP contribution >= 0.6 is 0 Å². The molecule has 0 bridgehead atoms. The zero-order chi connectivity index (χ0) is 19.8. The molecule has 0 aromatic heterocycles. The first-order valence-electron chi connectivity index (χ1n) is 8.04. The lowest BCUT2D eigenvalue weighted by atomic mass is 10.1. The number of hydrogen-bond acceptors (Lipinski definition) is 6. The van der Waals surface area contributed by atoms with E-state index in [-0.39, 0.29) is 13.2 Å². The third-order valence-electron chi connectivity index (χ3n) is 2.76. The van der Waals surface area contributed by atoms with Crippen molar-refractivity contribution in [2.45, 2.75) is 64.8 Å². The molecule has 0 fully saturated rings. The van der Waals surface area contributed by atoms with E-state index in [4.69, 9.17) is 20.3 Å². The summed E-state index contributed by atoms with van der Waals surface area (Å²) >= 11 is 0. The van der Waals surface area contributed by atoms with Crippen LogP contribution in [0.15, 0.2) is 0 Å². The predicted octanol–water partition coefficient (Wildman–Crippen LogP) is -0.370. The van der Waals surface area contributed by atoms with Crippen LogP contribution in [0.1, 0.15) is 41.5 Å². The summed E-state index contributed by atoms with van der Waals surface area (Å²) in [6.45, 7) is 10.2. The van der Waals surface area contributed by atoms with Crippen LogP contribution in [0.2, 0.25) is 0 Å². The second-order valence-electron chi connectivity index (χ2n) is 7.63. The summed E-state index contributed by atoms with van der Waals surface area (Å²) in [6, 6.07) is -2.03. The molecule has 0 aliphatic heterocycles. The standard InChI is InChI=1S/C16H31N3O6/c1-15(2,3)24-8-10(17)13(22)19-11(9-25-16(4,5)6)14(23)18-7-12(20)21/h10-11H,7-9,17H2,1-6H3,(H,18,23)(H,19,22)(H,20,21)/t10-,11-/m1/s1. The zero-order valence-corrected chi connectivity index (χ0v) is 15.8. The van der Waals surface area contributed by atoms with E-state index in [1.54, 1.807) is 20.8 Å². The van der Waals surface area contributed by atoms with Crippen molar-refractivity contribution in [1.82, 2.24) is 10.6 Å². The second kappa shape index (κ2) is 9.69. The molecule has 5 N–H and O–H groups in total. The van der Waals surface area contributed by atoms with Gasteiger partial charge < -0.3 is 30.9 Å². The summed E-state index contributed by atoms with van der Waals surface area (Å²) in [6.07, 6.45) is 0. The maximum absolute atomic E-state index is 12.2. The monoisotopic (exact) mass is 361 g/mol. The highest BCUT2D eigenvalue weighted by Gasteiger charge is 2.27. The molecule has 2 amide bonds. The second-order valence-corrected chi connectivity index (χ2v) is 7.63. The van der Waals surface area contributed by atoms with Crippen LogP contribution in [0.5, 0.6) is 0 Å². The number of amides is 2. The molecule has 0 radical (unpaired) electrons. The molecule has 0 spiro atoms. The lowest BCUT2D eigenvalue weighted by molar-refractivity contribution is -0.139. The van der Waals surface area contributed by atoms with Gasteiger partial charge in [-0.2, -0.15) is 0 Å². The summed E-state index contributed by atoms with van der Waals surface area (Å²) in [5.41, 5.74) is 4.79. The Hall–Kier alpha value is -1.71. The van der Waals surface area contributed by atoms with E-state index in [0.717, 1.165) is 0 Å². The van der Waals surface area contributed by atoms with Crippen molar-refractivity contribution in [1.29, 1.82) is 0 Å². The van der Waals surface area contributed by atoms with Gasteiger partial charge in [-0.05, 0) is 41.5 Å². The summed E-state index contributed by atoms with van der Waals surface area (Å²) in [4.78, 5) is 34.9. The predicted molar refractivity (Wildman–Crippen MR) is 92.0 cm³/mol. The fourth-order valence-electron chi connectivity index (χ4n) is 1.50. The summed E-state index contributed by atoms with van der Waals surface area (Å²) in [7, 11) is 0. The molecule has 0 aromatic carbocycles. The van der Waals surface area contributed by atoms with Gasteiger partial charge in [-0.15, -0.1) is 0 Å². The van der Waals surface area contributed by atoms with E-state index >= 15 is 0 Å². The van der Waals surface area contributed by atoms with Gasteiger partial charge in [-0.25, -0.2) is 0 Å². The highest BCUT2D eigenvalue weighted by Crippen LogP contribution is 2.08.